The number of carbonyl (C=O) groups excluding carboxylic acids is 1. The molecule has 1 amide bonds. The molecule has 7 nitrogen and oxygen atoms in total. The molecular formula is C19H24N4O3. The topological polar surface area (TPSA) is 80.5 Å². The Hall–Kier alpha value is -2.25. The molecule has 3 heterocycles. The second kappa shape index (κ2) is 7.55. The van der Waals surface area contributed by atoms with Crippen molar-refractivity contribution < 1.29 is 14.1 Å². The Morgan fingerprint density at radius 1 is 1.35 bits per heavy atom. The minimum Gasteiger partial charge on any atom is -0.375 e. The van der Waals surface area contributed by atoms with Crippen LogP contribution in [0.2, 0.25) is 0 Å². The summed E-state index contributed by atoms with van der Waals surface area (Å²) >= 11 is 0. The minimum atomic E-state index is 0.0358. The molecule has 26 heavy (non-hydrogen) atoms. The van der Waals surface area contributed by atoms with Gasteiger partial charge in [-0.2, -0.15) is 0 Å². The van der Waals surface area contributed by atoms with Gasteiger partial charge in [0, 0.05) is 37.8 Å². The Labute approximate surface area is 152 Å². The van der Waals surface area contributed by atoms with Gasteiger partial charge in [-0.25, -0.2) is 0 Å². The summed E-state index contributed by atoms with van der Waals surface area (Å²) in [4.78, 5) is 18.8. The van der Waals surface area contributed by atoms with E-state index in [0.717, 1.165) is 38.1 Å². The van der Waals surface area contributed by atoms with Gasteiger partial charge in [0.25, 0.3) is 0 Å². The van der Waals surface area contributed by atoms with Gasteiger partial charge in [-0.05, 0) is 31.4 Å². The van der Waals surface area contributed by atoms with Crippen molar-refractivity contribution in [3.8, 4) is 11.4 Å². The molecule has 0 unspecified atom stereocenters. The van der Waals surface area contributed by atoms with E-state index in [0.29, 0.717) is 24.0 Å². The van der Waals surface area contributed by atoms with Crippen LogP contribution in [0.5, 0.6) is 0 Å². The molecule has 1 saturated heterocycles. The van der Waals surface area contributed by atoms with Crippen molar-refractivity contribution in [1.29, 1.82) is 0 Å². The lowest BCUT2D eigenvalue weighted by Crippen LogP contribution is -2.53. The Morgan fingerprint density at radius 3 is 3.12 bits per heavy atom. The number of hydrogen-bond acceptors (Lipinski definition) is 6. The zero-order chi connectivity index (χ0) is 17.9. The maximum Gasteiger partial charge on any atom is 0.225 e. The Bertz CT molecular complexity index is 748. The number of rotatable bonds is 4. The van der Waals surface area contributed by atoms with Crippen molar-refractivity contribution in [2.45, 2.75) is 38.0 Å². The van der Waals surface area contributed by atoms with E-state index in [-0.39, 0.29) is 17.9 Å². The zero-order valence-electron chi connectivity index (χ0n) is 14.9. The number of fused-ring (bicyclic) bond motifs is 1. The van der Waals surface area contributed by atoms with Gasteiger partial charge < -0.3 is 19.5 Å². The number of amides is 1. The molecule has 7 heteroatoms. The number of ether oxygens (including phenoxy) is 1. The first-order chi connectivity index (χ1) is 12.7. The van der Waals surface area contributed by atoms with Crippen LogP contribution >= 0.6 is 0 Å². The number of morpholine rings is 1. The fourth-order valence-electron chi connectivity index (χ4n) is 3.88. The maximum absolute atomic E-state index is 12.8. The third-order valence-corrected chi connectivity index (χ3v) is 5.23. The second-order valence-electron chi connectivity index (χ2n) is 7.07. The minimum absolute atomic E-state index is 0.0358. The van der Waals surface area contributed by atoms with E-state index in [9.17, 15) is 4.79 Å². The smallest absolute Gasteiger partial charge is 0.225 e. The van der Waals surface area contributed by atoms with Crippen LogP contribution in [0.4, 0.5) is 0 Å². The van der Waals surface area contributed by atoms with Gasteiger partial charge in [-0.3, -0.25) is 9.78 Å². The molecule has 1 saturated carbocycles. The fraction of sp³-hybridized carbons (Fsp3) is 0.526. The number of carbonyl (C=O) groups is 1. The zero-order valence-corrected chi connectivity index (χ0v) is 14.9. The van der Waals surface area contributed by atoms with Crippen LogP contribution in [-0.4, -0.2) is 53.3 Å². The number of pyridine rings is 1. The summed E-state index contributed by atoms with van der Waals surface area (Å²) in [5.74, 6) is 0.856. The van der Waals surface area contributed by atoms with Crippen LogP contribution < -0.4 is 5.32 Å². The number of aromatic nitrogens is 2. The van der Waals surface area contributed by atoms with Gasteiger partial charge in [0.05, 0.1) is 24.9 Å². The molecule has 0 aromatic carbocycles. The van der Waals surface area contributed by atoms with Crippen molar-refractivity contribution in [3.63, 3.8) is 0 Å². The highest BCUT2D eigenvalue weighted by Gasteiger charge is 2.36. The van der Waals surface area contributed by atoms with E-state index in [2.05, 4.69) is 15.5 Å². The quantitative estimate of drug-likeness (QED) is 0.901. The van der Waals surface area contributed by atoms with Gasteiger partial charge in [-0.1, -0.05) is 11.2 Å². The average Bonchev–Trinajstić information content (AvgIpc) is 3.16. The molecule has 2 aromatic heterocycles. The van der Waals surface area contributed by atoms with Crippen LogP contribution in [0.15, 0.2) is 35.0 Å². The summed E-state index contributed by atoms with van der Waals surface area (Å²) in [7, 11) is 1.82. The number of nitrogens with one attached hydrogen (secondary N) is 1. The van der Waals surface area contributed by atoms with Crippen LogP contribution in [0, 0.1) is 5.92 Å². The summed E-state index contributed by atoms with van der Waals surface area (Å²) in [5, 5.41) is 7.55. The standard InChI is InChI=1S/C19H24N4O3/c1-23(12-14-11-16(22-26-14)15-4-2-3-7-20-15)19(24)13-5-6-18-17(10-13)21-8-9-25-18/h2-4,7,11,13,17-18,21H,5-6,8-10,12H2,1H3/t13-,17+,18+/m0/s1. The monoisotopic (exact) mass is 356 g/mol. The van der Waals surface area contributed by atoms with Gasteiger partial charge in [-0.15, -0.1) is 0 Å². The molecule has 3 atom stereocenters. The maximum atomic E-state index is 12.8. The predicted molar refractivity (Wildman–Crippen MR) is 95.1 cm³/mol. The molecule has 4 rings (SSSR count). The highest BCUT2D eigenvalue weighted by Crippen LogP contribution is 2.29. The van der Waals surface area contributed by atoms with Crippen molar-refractivity contribution in [1.82, 2.24) is 20.4 Å². The molecule has 1 aliphatic carbocycles. The molecule has 1 N–H and O–H groups in total. The van der Waals surface area contributed by atoms with Gasteiger partial charge in [0.2, 0.25) is 5.91 Å². The normalized spacial score (nSPS) is 25.5. The lowest BCUT2D eigenvalue weighted by Gasteiger charge is -2.40. The summed E-state index contributed by atoms with van der Waals surface area (Å²) in [6.07, 6.45) is 4.63. The van der Waals surface area contributed by atoms with E-state index in [1.165, 1.54) is 0 Å². The predicted octanol–water partition coefficient (Wildman–Crippen LogP) is 1.85. The van der Waals surface area contributed by atoms with E-state index in [1.807, 2.05) is 31.3 Å². The third-order valence-electron chi connectivity index (χ3n) is 5.23. The van der Waals surface area contributed by atoms with Crippen LogP contribution in [-0.2, 0) is 16.1 Å². The van der Waals surface area contributed by atoms with Gasteiger partial charge >= 0.3 is 0 Å². The van der Waals surface area contributed by atoms with E-state index < -0.39 is 0 Å². The van der Waals surface area contributed by atoms with Crippen molar-refractivity contribution in [2.24, 2.45) is 5.92 Å². The summed E-state index contributed by atoms with van der Waals surface area (Å²) in [6.45, 7) is 2.04. The van der Waals surface area contributed by atoms with E-state index >= 15 is 0 Å². The number of nitrogens with zero attached hydrogens (tertiary/aromatic N) is 3. The van der Waals surface area contributed by atoms with E-state index in [1.54, 1.807) is 11.1 Å². The van der Waals surface area contributed by atoms with Crippen LogP contribution in [0.1, 0.15) is 25.0 Å². The SMILES string of the molecule is CN(Cc1cc(-c2ccccn2)no1)C(=O)[C@H]1CC[C@H]2OCCN[C@@H]2C1. The molecule has 0 radical (unpaired) electrons. The lowest BCUT2D eigenvalue weighted by molar-refractivity contribution is -0.138. The first-order valence-electron chi connectivity index (χ1n) is 9.17. The summed E-state index contributed by atoms with van der Waals surface area (Å²) in [6, 6.07) is 7.79. The average molecular weight is 356 g/mol. The summed E-state index contributed by atoms with van der Waals surface area (Å²) in [5.41, 5.74) is 1.45. The number of hydrogen-bond donors (Lipinski definition) is 1. The lowest BCUT2D eigenvalue weighted by atomic mass is 9.82. The molecule has 0 bridgehead atoms. The molecule has 0 spiro atoms. The van der Waals surface area contributed by atoms with Crippen molar-refractivity contribution >= 4 is 5.91 Å². The summed E-state index contributed by atoms with van der Waals surface area (Å²) < 4.78 is 11.2. The van der Waals surface area contributed by atoms with Crippen LogP contribution in [0.25, 0.3) is 11.4 Å². The first kappa shape index (κ1) is 17.2. The largest absolute Gasteiger partial charge is 0.375 e. The molecule has 138 valence electrons. The van der Waals surface area contributed by atoms with Crippen LogP contribution in [0.3, 0.4) is 0 Å². The van der Waals surface area contributed by atoms with E-state index in [4.69, 9.17) is 9.26 Å². The molecular weight excluding hydrogens is 332 g/mol. The van der Waals surface area contributed by atoms with Crippen molar-refractivity contribution in [2.75, 3.05) is 20.2 Å². The highest BCUT2D eigenvalue weighted by atomic mass is 16.5. The molecule has 2 aliphatic rings. The Kier molecular flexibility index (Phi) is 4.99. The molecule has 1 aliphatic heterocycles. The Morgan fingerprint density at radius 2 is 2.27 bits per heavy atom. The van der Waals surface area contributed by atoms with Gasteiger partial charge in [0.1, 0.15) is 5.69 Å². The second-order valence-corrected chi connectivity index (χ2v) is 7.07. The first-order valence-corrected chi connectivity index (χ1v) is 9.17. The molecule has 2 fully saturated rings. The Balaban J connectivity index is 1.36. The molecule has 2 aromatic rings. The highest BCUT2D eigenvalue weighted by molar-refractivity contribution is 5.78. The third kappa shape index (κ3) is 3.64. The van der Waals surface area contributed by atoms with Crippen molar-refractivity contribution in [3.05, 3.63) is 36.2 Å². The fourth-order valence-corrected chi connectivity index (χ4v) is 3.88. The van der Waals surface area contributed by atoms with Gasteiger partial charge in [0.15, 0.2) is 5.76 Å².